The fourth-order valence-corrected chi connectivity index (χ4v) is 1.05. The Morgan fingerprint density at radius 3 is 2.85 bits per heavy atom. The van der Waals surface area contributed by atoms with Crippen molar-refractivity contribution in [2.45, 2.75) is 12.6 Å². The summed E-state index contributed by atoms with van der Waals surface area (Å²) < 4.78 is 10.5. The quantitative estimate of drug-likeness (QED) is 0.727. The molecule has 0 radical (unpaired) electrons. The zero-order valence-electron chi connectivity index (χ0n) is 7.27. The summed E-state index contributed by atoms with van der Waals surface area (Å²) in [6.45, 7) is 1.85. The van der Waals surface area contributed by atoms with Gasteiger partial charge in [-0.15, -0.1) is 0 Å². The number of hydrogen-bond acceptors (Lipinski definition) is 4. The van der Waals surface area contributed by atoms with Crippen LogP contribution >= 0.6 is 0 Å². The number of rotatable bonds is 3. The van der Waals surface area contributed by atoms with E-state index < -0.39 is 0 Å². The van der Waals surface area contributed by atoms with Crippen LogP contribution in [0.15, 0.2) is 18.3 Å². The van der Waals surface area contributed by atoms with Crippen molar-refractivity contribution in [1.29, 1.82) is 0 Å². The van der Waals surface area contributed by atoms with Crippen LogP contribution in [0.4, 0.5) is 0 Å². The molecule has 0 amide bonds. The van der Waals surface area contributed by atoms with Gasteiger partial charge < -0.3 is 15.2 Å². The van der Waals surface area contributed by atoms with Crippen molar-refractivity contribution in [3.63, 3.8) is 0 Å². The third-order valence-corrected chi connectivity index (χ3v) is 1.93. The lowest BCUT2D eigenvalue weighted by Gasteiger charge is -2.25. The topological polar surface area (TPSA) is 57.4 Å². The van der Waals surface area contributed by atoms with E-state index in [4.69, 9.17) is 15.2 Å². The molecule has 70 valence electrons. The van der Waals surface area contributed by atoms with Crippen LogP contribution in [0, 0.1) is 0 Å². The van der Waals surface area contributed by atoms with E-state index in [0.717, 1.165) is 5.56 Å². The smallest absolute Gasteiger partial charge is 0.213 e. The maximum Gasteiger partial charge on any atom is 0.213 e. The van der Waals surface area contributed by atoms with Crippen molar-refractivity contribution in [3.8, 4) is 5.88 Å². The molecule has 1 aromatic rings. The van der Waals surface area contributed by atoms with Gasteiger partial charge in [0, 0.05) is 18.8 Å². The second-order valence-electron chi connectivity index (χ2n) is 2.99. The molecule has 2 N–H and O–H groups in total. The Morgan fingerprint density at radius 1 is 1.54 bits per heavy atom. The predicted octanol–water partition coefficient (Wildman–Crippen LogP) is 0.318. The molecule has 1 aliphatic rings. The molecule has 0 unspecified atom stereocenters. The Hall–Kier alpha value is -1.13. The van der Waals surface area contributed by atoms with Crippen molar-refractivity contribution in [2.24, 2.45) is 5.73 Å². The van der Waals surface area contributed by atoms with Crippen molar-refractivity contribution in [3.05, 3.63) is 23.9 Å². The highest BCUT2D eigenvalue weighted by atomic mass is 16.6. The van der Waals surface area contributed by atoms with Crippen molar-refractivity contribution >= 4 is 0 Å². The molecule has 0 atom stereocenters. The lowest BCUT2D eigenvalue weighted by molar-refractivity contribution is -0.0813. The largest absolute Gasteiger partial charge is 0.469 e. The predicted molar refractivity (Wildman–Crippen MR) is 47.4 cm³/mol. The van der Waals surface area contributed by atoms with Gasteiger partial charge in [0.05, 0.1) is 13.2 Å². The molecule has 2 heterocycles. The molecular formula is C9H12N2O2. The summed E-state index contributed by atoms with van der Waals surface area (Å²) in [6.07, 6.45) is 1.91. The van der Waals surface area contributed by atoms with Gasteiger partial charge in [0.1, 0.15) is 6.10 Å². The number of pyridine rings is 1. The summed E-state index contributed by atoms with van der Waals surface area (Å²) in [5, 5.41) is 0. The fraction of sp³-hybridized carbons (Fsp3) is 0.444. The van der Waals surface area contributed by atoms with Crippen LogP contribution in [0.1, 0.15) is 5.56 Å². The Labute approximate surface area is 76.7 Å². The summed E-state index contributed by atoms with van der Waals surface area (Å²) in [6, 6.07) is 3.75. The molecule has 4 heteroatoms. The Bertz CT molecular complexity index is 269. The zero-order valence-corrected chi connectivity index (χ0v) is 7.27. The molecule has 13 heavy (non-hydrogen) atoms. The molecule has 1 saturated heterocycles. The molecule has 1 aromatic heterocycles. The number of aromatic nitrogens is 1. The molecule has 2 rings (SSSR count). The third-order valence-electron chi connectivity index (χ3n) is 1.93. The van der Waals surface area contributed by atoms with E-state index in [0.29, 0.717) is 25.6 Å². The van der Waals surface area contributed by atoms with Gasteiger partial charge in [-0.05, 0) is 5.56 Å². The highest BCUT2D eigenvalue weighted by Crippen LogP contribution is 2.13. The second-order valence-corrected chi connectivity index (χ2v) is 2.99. The standard InChI is InChI=1S/C9H12N2O2/c10-3-7-1-2-9(11-4-7)13-8-5-12-6-8/h1-2,4,8H,3,5-6,10H2. The molecule has 1 fully saturated rings. The van der Waals surface area contributed by atoms with E-state index in [1.807, 2.05) is 12.1 Å². The van der Waals surface area contributed by atoms with Crippen LogP contribution < -0.4 is 10.5 Å². The minimum absolute atomic E-state index is 0.177. The normalized spacial score (nSPS) is 16.7. The molecule has 0 aliphatic carbocycles. The number of nitrogens with zero attached hydrogens (tertiary/aromatic N) is 1. The van der Waals surface area contributed by atoms with E-state index in [1.165, 1.54) is 0 Å². The first-order valence-electron chi connectivity index (χ1n) is 4.28. The van der Waals surface area contributed by atoms with Crippen LogP contribution in [-0.4, -0.2) is 24.3 Å². The van der Waals surface area contributed by atoms with Gasteiger partial charge in [0.15, 0.2) is 0 Å². The van der Waals surface area contributed by atoms with Crippen LogP contribution in [0.25, 0.3) is 0 Å². The second kappa shape index (κ2) is 3.72. The maximum atomic E-state index is 5.47. The Kier molecular flexibility index (Phi) is 2.42. The van der Waals surface area contributed by atoms with Crippen LogP contribution in [-0.2, 0) is 11.3 Å². The summed E-state index contributed by atoms with van der Waals surface area (Å²) in [7, 11) is 0. The van der Waals surface area contributed by atoms with E-state index >= 15 is 0 Å². The summed E-state index contributed by atoms with van der Waals surface area (Å²) in [5.41, 5.74) is 6.45. The first kappa shape index (κ1) is 8.47. The maximum absolute atomic E-state index is 5.47. The molecule has 1 aliphatic heterocycles. The van der Waals surface area contributed by atoms with Gasteiger partial charge >= 0.3 is 0 Å². The van der Waals surface area contributed by atoms with E-state index in [-0.39, 0.29) is 6.10 Å². The van der Waals surface area contributed by atoms with Crippen LogP contribution in [0.5, 0.6) is 5.88 Å². The van der Waals surface area contributed by atoms with Gasteiger partial charge in [0.25, 0.3) is 0 Å². The monoisotopic (exact) mass is 180 g/mol. The molecular weight excluding hydrogens is 168 g/mol. The van der Waals surface area contributed by atoms with Gasteiger partial charge in [-0.1, -0.05) is 6.07 Å². The van der Waals surface area contributed by atoms with Crippen molar-refractivity contribution < 1.29 is 9.47 Å². The number of hydrogen-bond donors (Lipinski definition) is 1. The minimum atomic E-state index is 0.177. The SMILES string of the molecule is NCc1ccc(OC2COC2)nc1. The number of nitrogens with two attached hydrogens (primary N) is 1. The van der Waals surface area contributed by atoms with Crippen molar-refractivity contribution in [2.75, 3.05) is 13.2 Å². The van der Waals surface area contributed by atoms with Gasteiger partial charge in [-0.25, -0.2) is 4.98 Å². The molecule has 4 nitrogen and oxygen atoms in total. The highest BCUT2D eigenvalue weighted by molar-refractivity contribution is 5.17. The first-order chi connectivity index (χ1) is 6.38. The van der Waals surface area contributed by atoms with Gasteiger partial charge in [0.2, 0.25) is 5.88 Å². The van der Waals surface area contributed by atoms with Gasteiger partial charge in [-0.3, -0.25) is 0 Å². The van der Waals surface area contributed by atoms with E-state index in [9.17, 15) is 0 Å². The Morgan fingerprint density at radius 2 is 2.38 bits per heavy atom. The third kappa shape index (κ3) is 1.96. The van der Waals surface area contributed by atoms with Crippen LogP contribution in [0.2, 0.25) is 0 Å². The average Bonchev–Trinajstić information content (AvgIpc) is 2.12. The number of ether oxygens (including phenoxy) is 2. The Balaban J connectivity index is 1.96. The lowest BCUT2D eigenvalue weighted by atomic mass is 10.3. The highest BCUT2D eigenvalue weighted by Gasteiger charge is 2.20. The molecule has 0 saturated carbocycles. The summed E-state index contributed by atoms with van der Waals surface area (Å²) in [4.78, 5) is 4.11. The minimum Gasteiger partial charge on any atom is -0.469 e. The summed E-state index contributed by atoms with van der Waals surface area (Å²) >= 11 is 0. The van der Waals surface area contributed by atoms with Gasteiger partial charge in [-0.2, -0.15) is 0 Å². The molecule has 0 bridgehead atoms. The van der Waals surface area contributed by atoms with Crippen LogP contribution in [0.3, 0.4) is 0 Å². The summed E-state index contributed by atoms with van der Waals surface area (Å²) in [5.74, 6) is 0.644. The van der Waals surface area contributed by atoms with E-state index in [2.05, 4.69) is 4.98 Å². The zero-order chi connectivity index (χ0) is 9.10. The van der Waals surface area contributed by atoms with E-state index in [1.54, 1.807) is 6.20 Å². The van der Waals surface area contributed by atoms with Crippen molar-refractivity contribution in [1.82, 2.24) is 4.98 Å². The first-order valence-corrected chi connectivity index (χ1v) is 4.28. The molecule has 0 spiro atoms. The fourth-order valence-electron chi connectivity index (χ4n) is 1.05. The molecule has 0 aromatic carbocycles. The average molecular weight is 180 g/mol. The lowest BCUT2D eigenvalue weighted by Crippen LogP contribution is -2.38.